The fourth-order valence-electron chi connectivity index (χ4n) is 1.72. The van der Waals surface area contributed by atoms with Crippen LogP contribution in [0, 0.1) is 0 Å². The van der Waals surface area contributed by atoms with Crippen molar-refractivity contribution < 1.29 is 18.3 Å². The monoisotopic (exact) mass is 315 g/mol. The maximum atomic E-state index is 12.2. The molecule has 0 aliphatic heterocycles. The van der Waals surface area contributed by atoms with E-state index in [1.54, 1.807) is 30.1 Å². The van der Waals surface area contributed by atoms with Crippen LogP contribution in [0.5, 0.6) is 0 Å². The quantitative estimate of drug-likeness (QED) is 0.828. The molecular formula is C11H13N3O4S2. The van der Waals surface area contributed by atoms with Gasteiger partial charge >= 0.3 is 5.97 Å². The summed E-state index contributed by atoms with van der Waals surface area (Å²) >= 11 is 0.881. The molecule has 0 fully saturated rings. The zero-order valence-electron chi connectivity index (χ0n) is 10.6. The molecule has 1 unspecified atom stereocenters. The van der Waals surface area contributed by atoms with Gasteiger partial charge in [-0.15, -0.1) is 11.3 Å². The molecule has 0 amide bonds. The summed E-state index contributed by atoms with van der Waals surface area (Å²) < 4.78 is 28.4. The average Bonchev–Trinajstić information content (AvgIpc) is 2.97. The lowest BCUT2D eigenvalue weighted by Gasteiger charge is -2.14. The summed E-state index contributed by atoms with van der Waals surface area (Å²) in [5, 5.41) is 14.4. The lowest BCUT2D eigenvalue weighted by Crippen LogP contribution is -2.36. The number of carbonyl (C=O) groups is 1. The second kappa shape index (κ2) is 5.73. The molecule has 2 aromatic rings. The molecule has 7 nitrogen and oxygen atoms in total. The van der Waals surface area contributed by atoms with E-state index in [9.17, 15) is 13.2 Å². The highest BCUT2D eigenvalue weighted by Crippen LogP contribution is 2.22. The van der Waals surface area contributed by atoms with E-state index in [4.69, 9.17) is 5.11 Å². The lowest BCUT2D eigenvalue weighted by atomic mass is 10.4. The topological polar surface area (TPSA) is 101 Å². The van der Waals surface area contributed by atoms with Gasteiger partial charge in [-0.05, 0) is 24.4 Å². The first kappa shape index (κ1) is 14.7. The highest BCUT2D eigenvalue weighted by Gasteiger charge is 2.25. The molecule has 2 rings (SSSR count). The molecule has 0 spiro atoms. The van der Waals surface area contributed by atoms with Crippen molar-refractivity contribution in [2.75, 3.05) is 0 Å². The van der Waals surface area contributed by atoms with Crippen molar-refractivity contribution >= 4 is 27.3 Å². The first-order valence-corrected chi connectivity index (χ1v) is 8.07. The number of rotatable bonds is 6. The Hall–Kier alpha value is -1.71. The molecule has 0 bridgehead atoms. The summed E-state index contributed by atoms with van der Waals surface area (Å²) in [5.74, 6) is -1.25. The van der Waals surface area contributed by atoms with Crippen LogP contribution < -0.4 is 4.72 Å². The van der Waals surface area contributed by atoms with Crippen LogP contribution in [-0.2, 0) is 16.6 Å². The molecule has 2 aromatic heterocycles. The zero-order chi connectivity index (χ0) is 14.8. The summed E-state index contributed by atoms with van der Waals surface area (Å²) in [4.78, 5) is 10.6. The van der Waals surface area contributed by atoms with Crippen LogP contribution in [0.3, 0.4) is 0 Å². The van der Waals surface area contributed by atoms with Crippen LogP contribution in [0.25, 0.3) is 0 Å². The number of nitrogens with one attached hydrogen (secondary N) is 1. The second-order valence-corrected chi connectivity index (χ2v) is 6.77. The third-order valence-corrected chi connectivity index (χ3v) is 5.15. The summed E-state index contributed by atoms with van der Waals surface area (Å²) in [6.45, 7) is 2.05. The van der Waals surface area contributed by atoms with Crippen LogP contribution in [0.2, 0.25) is 0 Å². The maximum Gasteiger partial charge on any atom is 0.347 e. The Morgan fingerprint density at radius 3 is 2.95 bits per heavy atom. The van der Waals surface area contributed by atoms with Crippen molar-refractivity contribution in [3.63, 3.8) is 0 Å². The Bertz CT molecular complexity index is 691. The van der Waals surface area contributed by atoms with Gasteiger partial charge in [0.25, 0.3) is 0 Å². The molecule has 9 heteroatoms. The number of thiophene rings is 1. The highest BCUT2D eigenvalue weighted by atomic mass is 32.2. The number of hydrogen-bond donors (Lipinski definition) is 2. The lowest BCUT2D eigenvalue weighted by molar-refractivity contribution is 0.0698. The van der Waals surface area contributed by atoms with Crippen molar-refractivity contribution in [1.29, 1.82) is 0 Å². The SMILES string of the molecule is CC(Cn1cccn1)NS(=O)(=O)c1ccsc1C(=O)O. The Kier molecular flexibility index (Phi) is 4.21. The molecular weight excluding hydrogens is 302 g/mol. The van der Waals surface area contributed by atoms with E-state index in [-0.39, 0.29) is 9.77 Å². The largest absolute Gasteiger partial charge is 0.477 e. The highest BCUT2D eigenvalue weighted by molar-refractivity contribution is 7.89. The van der Waals surface area contributed by atoms with Gasteiger partial charge in [0.05, 0.1) is 6.54 Å². The van der Waals surface area contributed by atoms with Gasteiger partial charge in [-0.25, -0.2) is 17.9 Å². The fourth-order valence-corrected chi connectivity index (χ4v) is 4.21. The fraction of sp³-hybridized carbons (Fsp3) is 0.273. The van der Waals surface area contributed by atoms with Crippen LogP contribution in [0.15, 0.2) is 34.8 Å². The number of nitrogens with zero attached hydrogens (tertiary/aromatic N) is 2. The summed E-state index contributed by atoms with van der Waals surface area (Å²) in [6, 6.07) is 2.61. The minimum atomic E-state index is -3.86. The number of aromatic nitrogens is 2. The molecule has 0 aliphatic rings. The Morgan fingerprint density at radius 2 is 2.35 bits per heavy atom. The number of carboxylic acids is 1. The van der Waals surface area contributed by atoms with Gasteiger partial charge in [-0.1, -0.05) is 0 Å². The number of aromatic carboxylic acids is 1. The summed E-state index contributed by atoms with van der Waals surface area (Å²) in [6.07, 6.45) is 3.32. The standard InChI is InChI=1S/C11H13N3O4S2/c1-8(7-14-5-2-4-12-14)13-20(17,18)9-3-6-19-10(9)11(15)16/h2-6,8,13H,7H2,1H3,(H,15,16). The predicted molar refractivity (Wildman–Crippen MR) is 73.3 cm³/mol. The smallest absolute Gasteiger partial charge is 0.347 e. The molecule has 1 atom stereocenters. The van der Waals surface area contributed by atoms with E-state index in [2.05, 4.69) is 9.82 Å². The normalized spacial score (nSPS) is 13.2. The molecule has 0 aliphatic carbocycles. The van der Waals surface area contributed by atoms with E-state index in [1.165, 1.54) is 11.4 Å². The van der Waals surface area contributed by atoms with Crippen LogP contribution >= 0.6 is 11.3 Å². The molecule has 0 aromatic carbocycles. The molecule has 0 saturated heterocycles. The van der Waals surface area contributed by atoms with Gasteiger partial charge in [-0.2, -0.15) is 5.10 Å². The first-order chi connectivity index (χ1) is 9.40. The van der Waals surface area contributed by atoms with E-state index in [0.29, 0.717) is 6.54 Å². The van der Waals surface area contributed by atoms with Gasteiger partial charge < -0.3 is 5.11 Å². The van der Waals surface area contributed by atoms with E-state index >= 15 is 0 Å². The molecule has 0 saturated carbocycles. The van der Waals surface area contributed by atoms with Gasteiger partial charge in [0.1, 0.15) is 9.77 Å². The van der Waals surface area contributed by atoms with Gasteiger partial charge in [0, 0.05) is 18.4 Å². The van der Waals surface area contributed by atoms with Gasteiger partial charge in [0.2, 0.25) is 10.0 Å². The van der Waals surface area contributed by atoms with Crippen LogP contribution in [-0.4, -0.2) is 35.3 Å². The Labute approximate surface area is 119 Å². The Balaban J connectivity index is 2.14. The third kappa shape index (κ3) is 3.24. The minimum absolute atomic E-state index is 0.191. The van der Waals surface area contributed by atoms with Crippen LogP contribution in [0.4, 0.5) is 0 Å². The number of sulfonamides is 1. The maximum absolute atomic E-state index is 12.2. The average molecular weight is 315 g/mol. The van der Waals surface area contributed by atoms with E-state index in [1.807, 2.05) is 0 Å². The summed E-state index contributed by atoms with van der Waals surface area (Å²) in [5.41, 5.74) is 0. The van der Waals surface area contributed by atoms with Gasteiger partial charge in [-0.3, -0.25) is 4.68 Å². The molecule has 2 heterocycles. The van der Waals surface area contributed by atoms with Crippen molar-refractivity contribution in [2.24, 2.45) is 0 Å². The van der Waals surface area contributed by atoms with Crippen LogP contribution in [0.1, 0.15) is 16.6 Å². The number of hydrogen-bond acceptors (Lipinski definition) is 5. The number of carboxylic acid groups (broad SMARTS) is 1. The zero-order valence-corrected chi connectivity index (χ0v) is 12.2. The molecule has 108 valence electrons. The first-order valence-electron chi connectivity index (χ1n) is 5.70. The predicted octanol–water partition coefficient (Wildman–Crippen LogP) is 1.01. The Morgan fingerprint density at radius 1 is 1.60 bits per heavy atom. The third-order valence-electron chi connectivity index (χ3n) is 2.49. The second-order valence-electron chi connectivity index (χ2n) is 4.17. The minimum Gasteiger partial charge on any atom is -0.477 e. The van der Waals surface area contributed by atoms with Crippen molar-refractivity contribution in [3.05, 3.63) is 34.8 Å². The van der Waals surface area contributed by atoms with Crippen molar-refractivity contribution in [3.8, 4) is 0 Å². The van der Waals surface area contributed by atoms with Crippen molar-refractivity contribution in [2.45, 2.75) is 24.4 Å². The van der Waals surface area contributed by atoms with Gasteiger partial charge in [0.15, 0.2) is 0 Å². The molecule has 20 heavy (non-hydrogen) atoms. The molecule has 2 N–H and O–H groups in total. The van der Waals surface area contributed by atoms with E-state index < -0.39 is 22.0 Å². The summed E-state index contributed by atoms with van der Waals surface area (Å²) in [7, 11) is -3.86. The van der Waals surface area contributed by atoms with E-state index in [0.717, 1.165) is 11.3 Å². The van der Waals surface area contributed by atoms with Crippen molar-refractivity contribution in [1.82, 2.24) is 14.5 Å². The molecule has 0 radical (unpaired) electrons.